The molecule has 2 aromatic rings. The first kappa shape index (κ1) is 31.2. The molecule has 0 radical (unpaired) electrons. The van der Waals surface area contributed by atoms with E-state index in [1.165, 1.54) is 12.1 Å². The highest BCUT2D eigenvalue weighted by molar-refractivity contribution is 7.79. The number of carbonyl (C=O) groups is 1. The van der Waals surface area contributed by atoms with Crippen LogP contribution in [0.5, 0.6) is 0 Å². The third-order valence-electron chi connectivity index (χ3n) is 5.66. The highest BCUT2D eigenvalue weighted by Crippen LogP contribution is 2.26. The molecule has 0 saturated carbocycles. The lowest BCUT2D eigenvalue weighted by Crippen LogP contribution is -2.17. The maximum atomic E-state index is 14.1. The number of carbonyl (C=O) groups excluding carboxylic acids is 1. The van der Waals surface area contributed by atoms with Gasteiger partial charge in [0, 0.05) is 30.1 Å². The summed E-state index contributed by atoms with van der Waals surface area (Å²) < 4.78 is 39.7. The van der Waals surface area contributed by atoms with Gasteiger partial charge in [0.1, 0.15) is 17.4 Å². The van der Waals surface area contributed by atoms with E-state index in [9.17, 15) is 18.0 Å². The van der Waals surface area contributed by atoms with Crippen LogP contribution in [0.1, 0.15) is 62.4 Å². The normalized spacial score (nSPS) is 15.2. The van der Waals surface area contributed by atoms with Crippen LogP contribution in [0.3, 0.4) is 0 Å². The SMILES string of the molecule is CC(=O)C1CCN(C)C1.CCCc1nc(Cl)nc(NCc2cccc(C(F)F)c2F)c1CC.CS. The fourth-order valence-corrected chi connectivity index (χ4v) is 4.00. The zero-order chi connectivity index (χ0) is 26.5. The topological polar surface area (TPSA) is 58.1 Å². The Hall–Kier alpha value is -1.84. The molecule has 196 valence electrons. The number of alkyl halides is 2. The fourth-order valence-electron chi connectivity index (χ4n) is 3.81. The Bertz CT molecular complexity index is 949. The van der Waals surface area contributed by atoms with Crippen molar-refractivity contribution in [1.29, 1.82) is 0 Å². The van der Waals surface area contributed by atoms with E-state index in [-0.39, 0.29) is 17.4 Å². The third-order valence-corrected chi connectivity index (χ3v) is 5.83. The van der Waals surface area contributed by atoms with Crippen molar-refractivity contribution in [1.82, 2.24) is 14.9 Å². The second-order valence-electron chi connectivity index (χ2n) is 8.20. The summed E-state index contributed by atoms with van der Waals surface area (Å²) in [5.74, 6) is 0.295. The fraction of sp³-hybridized carbons (Fsp3) is 0.560. The number of hydrogen-bond donors (Lipinski definition) is 2. The Morgan fingerprint density at radius 2 is 1.97 bits per heavy atom. The van der Waals surface area contributed by atoms with Crippen LogP contribution in [-0.4, -0.2) is 47.0 Å². The number of Topliss-reactive ketones (excluding diaryl/α,β-unsaturated/α-hetero) is 1. The number of nitrogens with one attached hydrogen (secondary N) is 1. The highest BCUT2D eigenvalue weighted by atomic mass is 35.5. The van der Waals surface area contributed by atoms with Crippen molar-refractivity contribution in [3.63, 3.8) is 0 Å². The Balaban J connectivity index is 0.000000464. The summed E-state index contributed by atoms with van der Waals surface area (Å²) in [6.45, 7) is 7.78. The largest absolute Gasteiger partial charge is 0.366 e. The van der Waals surface area contributed by atoms with Crippen molar-refractivity contribution in [3.8, 4) is 0 Å². The van der Waals surface area contributed by atoms with Crippen LogP contribution in [0.4, 0.5) is 19.0 Å². The summed E-state index contributed by atoms with van der Waals surface area (Å²) in [4.78, 5) is 21.4. The monoisotopic (exact) mass is 532 g/mol. The van der Waals surface area contributed by atoms with Gasteiger partial charge in [0.05, 0.1) is 11.3 Å². The minimum absolute atomic E-state index is 0.0400. The molecule has 35 heavy (non-hydrogen) atoms. The number of aryl methyl sites for hydroxylation is 1. The predicted molar refractivity (Wildman–Crippen MR) is 140 cm³/mol. The van der Waals surface area contributed by atoms with Crippen molar-refractivity contribution in [3.05, 3.63) is 51.7 Å². The van der Waals surface area contributed by atoms with Crippen molar-refractivity contribution < 1.29 is 18.0 Å². The van der Waals surface area contributed by atoms with E-state index in [1.807, 2.05) is 13.8 Å². The van der Waals surface area contributed by atoms with Gasteiger partial charge in [0.15, 0.2) is 0 Å². The molecule has 0 spiro atoms. The first-order valence-electron chi connectivity index (χ1n) is 11.7. The van der Waals surface area contributed by atoms with Gasteiger partial charge in [-0.25, -0.2) is 23.1 Å². The molecule has 0 bridgehead atoms. The van der Waals surface area contributed by atoms with Gasteiger partial charge in [-0.15, -0.1) is 0 Å². The van der Waals surface area contributed by atoms with E-state index in [1.54, 1.807) is 13.2 Å². The van der Waals surface area contributed by atoms with E-state index in [0.29, 0.717) is 23.9 Å². The molecule has 1 aliphatic rings. The average Bonchev–Trinajstić information content (AvgIpc) is 3.27. The van der Waals surface area contributed by atoms with Crippen LogP contribution in [0.15, 0.2) is 18.2 Å². The zero-order valence-electron chi connectivity index (χ0n) is 21.0. The average molecular weight is 533 g/mol. The molecule has 3 rings (SSSR count). The highest BCUT2D eigenvalue weighted by Gasteiger charge is 2.22. The zero-order valence-corrected chi connectivity index (χ0v) is 22.7. The van der Waals surface area contributed by atoms with Crippen LogP contribution in [-0.2, 0) is 24.2 Å². The molecule has 1 saturated heterocycles. The molecule has 0 amide bonds. The Morgan fingerprint density at radius 3 is 2.46 bits per heavy atom. The van der Waals surface area contributed by atoms with E-state index in [4.69, 9.17) is 11.6 Å². The Labute approximate surface area is 217 Å². The molecule has 1 N–H and O–H groups in total. The standard InChI is InChI=1S/C17H19ClF3N3.C7H13NO.CH4S/c1-3-6-13-11(4-2)16(24-17(18)23-13)22-9-10-7-5-8-12(14(10)19)15(20)21;1-6(9)7-3-4-8(2)5-7;1-2/h5,7-8,15H,3-4,6,9H2,1-2H3,(H,22,23,24);7H,3-5H2,1-2H3;2H,1H3. The minimum atomic E-state index is -2.85. The number of thiol groups is 1. The van der Waals surface area contributed by atoms with E-state index in [0.717, 1.165) is 49.7 Å². The molecule has 1 fully saturated rings. The van der Waals surface area contributed by atoms with Crippen molar-refractivity contribution in [2.45, 2.75) is 59.4 Å². The smallest absolute Gasteiger partial charge is 0.266 e. The van der Waals surface area contributed by atoms with Gasteiger partial charge >= 0.3 is 0 Å². The molecule has 1 unspecified atom stereocenters. The van der Waals surface area contributed by atoms with Crippen LogP contribution in [0.2, 0.25) is 5.28 Å². The molecule has 10 heteroatoms. The second kappa shape index (κ2) is 16.0. The van der Waals surface area contributed by atoms with Gasteiger partial charge in [-0.3, -0.25) is 4.79 Å². The number of halogens is 4. The van der Waals surface area contributed by atoms with E-state index in [2.05, 4.69) is 39.9 Å². The van der Waals surface area contributed by atoms with Crippen molar-refractivity contribution in [2.24, 2.45) is 5.92 Å². The van der Waals surface area contributed by atoms with Gasteiger partial charge in [-0.2, -0.15) is 12.6 Å². The Morgan fingerprint density at radius 1 is 1.29 bits per heavy atom. The molecule has 2 heterocycles. The summed E-state index contributed by atoms with van der Waals surface area (Å²) in [5.41, 5.74) is 1.31. The number of rotatable bonds is 8. The number of anilines is 1. The number of likely N-dealkylation sites (tertiary alicyclic amines) is 1. The van der Waals surface area contributed by atoms with Crippen molar-refractivity contribution in [2.75, 3.05) is 31.7 Å². The maximum Gasteiger partial charge on any atom is 0.266 e. The molecule has 1 aliphatic heterocycles. The molecule has 1 aromatic heterocycles. The second-order valence-corrected chi connectivity index (χ2v) is 8.54. The first-order chi connectivity index (χ1) is 16.7. The molecule has 0 aliphatic carbocycles. The molecule has 5 nitrogen and oxygen atoms in total. The van der Waals surface area contributed by atoms with E-state index < -0.39 is 17.8 Å². The van der Waals surface area contributed by atoms with E-state index >= 15 is 0 Å². The maximum absolute atomic E-state index is 14.1. The summed E-state index contributed by atoms with van der Waals surface area (Å²) in [5, 5.41) is 3.12. The van der Waals surface area contributed by atoms with Crippen LogP contribution in [0, 0.1) is 11.7 Å². The summed E-state index contributed by atoms with van der Waals surface area (Å²) in [6, 6.07) is 3.97. The Kier molecular flexibility index (Phi) is 14.3. The van der Waals surface area contributed by atoms with Gasteiger partial charge < -0.3 is 10.2 Å². The number of aromatic nitrogens is 2. The number of nitrogens with zero attached hydrogens (tertiary/aromatic N) is 3. The summed E-state index contributed by atoms with van der Waals surface area (Å²) in [6.07, 6.45) is 2.27. The molecular formula is C25H36ClF3N4OS. The minimum Gasteiger partial charge on any atom is -0.366 e. The lowest BCUT2D eigenvalue weighted by molar-refractivity contribution is -0.120. The van der Waals surface area contributed by atoms with Crippen LogP contribution >= 0.6 is 24.2 Å². The quantitative estimate of drug-likeness (QED) is 0.304. The van der Waals surface area contributed by atoms with Crippen LogP contribution in [0.25, 0.3) is 0 Å². The lowest BCUT2D eigenvalue weighted by atomic mass is 10.1. The lowest BCUT2D eigenvalue weighted by Gasteiger charge is -2.15. The molecule has 1 atom stereocenters. The third kappa shape index (κ3) is 9.61. The van der Waals surface area contributed by atoms with Gasteiger partial charge in [-0.1, -0.05) is 38.5 Å². The summed E-state index contributed by atoms with van der Waals surface area (Å²) in [7, 11) is 2.06. The number of ketones is 1. The van der Waals surface area contributed by atoms with Gasteiger partial charge in [0.2, 0.25) is 5.28 Å². The van der Waals surface area contributed by atoms with Crippen LogP contribution < -0.4 is 5.32 Å². The number of benzene rings is 1. The molecular weight excluding hydrogens is 497 g/mol. The van der Waals surface area contributed by atoms with Gasteiger partial charge in [0.25, 0.3) is 6.43 Å². The molecule has 1 aromatic carbocycles. The first-order valence-corrected chi connectivity index (χ1v) is 12.9. The predicted octanol–water partition coefficient (Wildman–Crippen LogP) is 6.41. The van der Waals surface area contributed by atoms with Gasteiger partial charge in [-0.05, 0) is 57.6 Å². The van der Waals surface area contributed by atoms with Crippen molar-refractivity contribution >= 4 is 35.8 Å². The summed E-state index contributed by atoms with van der Waals surface area (Å²) >= 11 is 9.49. The number of hydrogen-bond acceptors (Lipinski definition) is 6.